The first-order valence-electron chi connectivity index (χ1n) is 7.07. The average molecular weight is 282 g/mol. The number of benzene rings is 1. The van der Waals surface area contributed by atoms with Gasteiger partial charge in [-0.05, 0) is 31.4 Å². The molecular weight excluding hydrogens is 256 g/mol. The van der Waals surface area contributed by atoms with Crippen LogP contribution in [0.5, 0.6) is 0 Å². The molecule has 0 saturated heterocycles. The van der Waals surface area contributed by atoms with Crippen molar-refractivity contribution in [2.75, 3.05) is 0 Å². The van der Waals surface area contributed by atoms with Gasteiger partial charge in [-0.1, -0.05) is 39.0 Å². The summed E-state index contributed by atoms with van der Waals surface area (Å²) in [6, 6.07) is 8.30. The van der Waals surface area contributed by atoms with E-state index in [2.05, 4.69) is 0 Å². The molecule has 3 N–H and O–H groups in total. The van der Waals surface area contributed by atoms with Crippen LogP contribution in [0.3, 0.4) is 0 Å². The summed E-state index contributed by atoms with van der Waals surface area (Å²) >= 11 is 0. The zero-order valence-corrected chi connectivity index (χ0v) is 12.5. The molecule has 114 valence electrons. The Morgan fingerprint density at radius 3 is 1.95 bits per heavy atom. The van der Waals surface area contributed by atoms with E-state index in [9.17, 15) is 15.0 Å². The van der Waals surface area contributed by atoms with Crippen molar-refractivity contribution in [3.63, 3.8) is 0 Å². The normalized spacial score (nSPS) is 12.2. The maximum Gasteiger partial charge on any atom is 0.335 e. The van der Waals surface area contributed by atoms with Crippen molar-refractivity contribution in [1.82, 2.24) is 0 Å². The van der Waals surface area contributed by atoms with Crippen molar-refractivity contribution in [3.8, 4) is 0 Å². The second-order valence-corrected chi connectivity index (χ2v) is 4.87. The fourth-order valence-corrected chi connectivity index (χ4v) is 1.70. The van der Waals surface area contributed by atoms with Crippen LogP contribution in [0.2, 0.25) is 0 Å². The summed E-state index contributed by atoms with van der Waals surface area (Å²) in [5.74, 6) is -0.879. The maximum absolute atomic E-state index is 10.2. The van der Waals surface area contributed by atoms with Gasteiger partial charge in [0, 0.05) is 6.42 Å². The maximum atomic E-state index is 10.2. The number of carboxylic acids is 1. The zero-order valence-electron chi connectivity index (χ0n) is 12.5. The smallest absolute Gasteiger partial charge is 0.335 e. The molecule has 0 amide bonds. The fraction of sp³-hybridized carbons (Fsp3) is 0.562. The van der Waals surface area contributed by atoms with Gasteiger partial charge in [-0.2, -0.15) is 0 Å². The van der Waals surface area contributed by atoms with E-state index in [4.69, 9.17) is 5.11 Å². The lowest BCUT2D eigenvalue weighted by molar-refractivity contribution is -0.0175. The van der Waals surface area contributed by atoms with Crippen molar-refractivity contribution in [1.29, 1.82) is 0 Å². The third kappa shape index (κ3) is 7.26. The largest absolute Gasteiger partial charge is 0.478 e. The number of hydrogen-bond acceptors (Lipinski definition) is 3. The van der Waals surface area contributed by atoms with E-state index in [1.165, 1.54) is 0 Å². The van der Waals surface area contributed by atoms with Gasteiger partial charge in [-0.25, -0.2) is 4.79 Å². The molecule has 4 nitrogen and oxygen atoms in total. The van der Waals surface area contributed by atoms with Crippen LogP contribution in [-0.4, -0.2) is 33.0 Å². The van der Waals surface area contributed by atoms with Gasteiger partial charge in [0.2, 0.25) is 0 Å². The van der Waals surface area contributed by atoms with Crippen molar-refractivity contribution >= 4 is 5.97 Å². The quantitative estimate of drug-likeness (QED) is 0.749. The van der Waals surface area contributed by atoms with Crippen molar-refractivity contribution in [2.45, 2.75) is 58.2 Å². The van der Waals surface area contributed by atoms with Crippen LogP contribution in [0.1, 0.15) is 56.8 Å². The van der Waals surface area contributed by atoms with Gasteiger partial charge in [-0.15, -0.1) is 0 Å². The van der Waals surface area contributed by atoms with E-state index in [1.54, 1.807) is 30.3 Å². The van der Waals surface area contributed by atoms with Crippen LogP contribution in [-0.2, 0) is 0 Å². The van der Waals surface area contributed by atoms with Crippen LogP contribution in [0.25, 0.3) is 0 Å². The monoisotopic (exact) mass is 282 g/mol. The first-order valence-corrected chi connectivity index (χ1v) is 7.07. The van der Waals surface area contributed by atoms with Crippen LogP contribution < -0.4 is 0 Å². The Morgan fingerprint density at radius 1 is 1.15 bits per heavy atom. The number of carbonyl (C=O) groups is 1. The number of aliphatic hydroxyl groups is 2. The molecule has 0 fully saturated rings. The number of carboxylic acid groups (broad SMARTS) is 1. The highest BCUT2D eigenvalue weighted by Gasteiger charge is 2.24. The molecular formula is C16H26O4. The summed E-state index contributed by atoms with van der Waals surface area (Å²) < 4.78 is 0. The molecule has 0 radical (unpaired) electrons. The molecule has 1 atom stereocenters. The lowest BCUT2D eigenvalue weighted by atomic mass is 9.90. The molecule has 0 heterocycles. The summed E-state index contributed by atoms with van der Waals surface area (Å²) in [6.07, 6.45) is 2.33. The Kier molecular flexibility index (Phi) is 8.84. The second-order valence-electron chi connectivity index (χ2n) is 4.87. The highest BCUT2D eigenvalue weighted by atomic mass is 16.4. The van der Waals surface area contributed by atoms with Crippen LogP contribution in [0, 0.1) is 0 Å². The Labute approximate surface area is 121 Å². The van der Waals surface area contributed by atoms with E-state index in [-0.39, 0.29) is 6.10 Å². The zero-order chi connectivity index (χ0) is 15.6. The first-order chi connectivity index (χ1) is 9.38. The predicted octanol–water partition coefficient (Wildman–Crippen LogP) is 3.08. The summed E-state index contributed by atoms with van der Waals surface area (Å²) in [7, 11) is 0. The molecule has 0 aliphatic carbocycles. The van der Waals surface area contributed by atoms with Gasteiger partial charge in [-0.3, -0.25) is 0 Å². The highest BCUT2D eigenvalue weighted by Crippen LogP contribution is 2.21. The lowest BCUT2D eigenvalue weighted by Gasteiger charge is -2.27. The van der Waals surface area contributed by atoms with E-state index >= 15 is 0 Å². The third-order valence-corrected chi connectivity index (χ3v) is 3.42. The minimum atomic E-state index is -0.879. The van der Waals surface area contributed by atoms with Crippen molar-refractivity contribution < 1.29 is 20.1 Å². The molecule has 1 aromatic rings. The van der Waals surface area contributed by atoms with Gasteiger partial charge in [0.25, 0.3) is 0 Å². The molecule has 0 saturated carbocycles. The molecule has 0 spiro atoms. The molecule has 0 bridgehead atoms. The summed E-state index contributed by atoms with van der Waals surface area (Å²) in [5, 5.41) is 27.5. The molecule has 4 heteroatoms. The Bertz CT molecular complexity index is 371. The van der Waals surface area contributed by atoms with Gasteiger partial charge < -0.3 is 15.3 Å². The third-order valence-electron chi connectivity index (χ3n) is 3.42. The number of rotatable bonds is 6. The fourth-order valence-electron chi connectivity index (χ4n) is 1.70. The Morgan fingerprint density at radius 2 is 1.65 bits per heavy atom. The molecule has 1 aromatic carbocycles. The first kappa shape index (κ1) is 18.6. The number of hydrogen-bond donors (Lipinski definition) is 3. The standard InChI is InChI=1S/C9H20O2.C7H6O2/c1-4-8(10)7-9(11,5-2)6-3;8-7(9)6-4-2-1-3-5-6/h8,10-11H,4-7H2,1-3H3;1-5H,(H,8,9). The van der Waals surface area contributed by atoms with E-state index in [0.717, 1.165) is 19.3 Å². The van der Waals surface area contributed by atoms with Crippen LogP contribution >= 0.6 is 0 Å². The van der Waals surface area contributed by atoms with Gasteiger partial charge >= 0.3 is 5.97 Å². The second kappa shape index (κ2) is 9.50. The highest BCUT2D eigenvalue weighted by molar-refractivity contribution is 5.87. The van der Waals surface area contributed by atoms with Gasteiger partial charge in [0.05, 0.1) is 17.3 Å². The van der Waals surface area contributed by atoms with E-state index in [0.29, 0.717) is 12.0 Å². The SMILES string of the molecule is CCC(O)CC(O)(CC)CC.O=C(O)c1ccccc1. The summed E-state index contributed by atoms with van der Waals surface area (Å²) in [5.41, 5.74) is -0.312. The summed E-state index contributed by atoms with van der Waals surface area (Å²) in [6.45, 7) is 5.83. The Balaban J connectivity index is 0.000000367. The Hall–Kier alpha value is -1.39. The van der Waals surface area contributed by atoms with Crippen molar-refractivity contribution in [3.05, 3.63) is 35.9 Å². The minimum Gasteiger partial charge on any atom is -0.478 e. The van der Waals surface area contributed by atoms with Crippen molar-refractivity contribution in [2.24, 2.45) is 0 Å². The van der Waals surface area contributed by atoms with Crippen LogP contribution in [0.15, 0.2) is 30.3 Å². The summed E-state index contributed by atoms with van der Waals surface area (Å²) in [4.78, 5) is 10.2. The average Bonchev–Trinajstić information content (AvgIpc) is 2.48. The number of aliphatic hydroxyl groups excluding tert-OH is 1. The molecule has 1 rings (SSSR count). The molecule has 0 aliphatic rings. The lowest BCUT2D eigenvalue weighted by Crippen LogP contribution is -2.31. The van der Waals surface area contributed by atoms with E-state index in [1.807, 2.05) is 20.8 Å². The predicted molar refractivity (Wildman–Crippen MR) is 79.8 cm³/mol. The molecule has 20 heavy (non-hydrogen) atoms. The number of aromatic carboxylic acids is 1. The minimum absolute atomic E-state index is 0.331. The molecule has 0 aromatic heterocycles. The van der Waals surface area contributed by atoms with Gasteiger partial charge in [0.15, 0.2) is 0 Å². The topological polar surface area (TPSA) is 77.8 Å². The molecule has 0 aliphatic heterocycles. The molecule has 1 unspecified atom stereocenters. The van der Waals surface area contributed by atoms with E-state index < -0.39 is 11.6 Å². The van der Waals surface area contributed by atoms with Gasteiger partial charge in [0.1, 0.15) is 0 Å². The van der Waals surface area contributed by atoms with Crippen LogP contribution in [0.4, 0.5) is 0 Å².